The summed E-state index contributed by atoms with van der Waals surface area (Å²) < 4.78 is 0. The summed E-state index contributed by atoms with van der Waals surface area (Å²) in [5.41, 5.74) is 4.44. The predicted octanol–water partition coefficient (Wildman–Crippen LogP) is 4.13. The number of carbonyl (C=O) groups excluding carboxylic acids is 1. The normalized spacial score (nSPS) is 22.8. The Labute approximate surface area is 252 Å². The summed E-state index contributed by atoms with van der Waals surface area (Å²) in [5, 5.41) is 23.5. The van der Waals surface area contributed by atoms with Gasteiger partial charge in [-0.05, 0) is 79.5 Å². The van der Waals surface area contributed by atoms with Gasteiger partial charge in [0.15, 0.2) is 5.01 Å². The SMILES string of the molecule is CC(C)(C)[C@H]1CCc2nc3sc(C(=O)NC(CCN4CCC(O)CC4)c4ccc(N5CCC(O)C5)nc4)nc3cc2C1. The van der Waals surface area contributed by atoms with Crippen LogP contribution in [0.2, 0.25) is 0 Å². The molecule has 0 aromatic carbocycles. The molecule has 2 fully saturated rings. The fraction of sp³-hybridized carbons (Fsp3) is 0.625. The van der Waals surface area contributed by atoms with Crippen molar-refractivity contribution in [2.75, 3.05) is 37.6 Å². The smallest absolute Gasteiger partial charge is 0.280 e. The molecule has 0 radical (unpaired) electrons. The van der Waals surface area contributed by atoms with E-state index < -0.39 is 0 Å². The molecular formula is C32H44N6O3S. The summed E-state index contributed by atoms with van der Waals surface area (Å²) in [6.07, 6.45) is 7.51. The number of nitrogens with zero attached hydrogens (tertiary/aromatic N) is 5. The maximum absolute atomic E-state index is 13.6. The fourth-order valence-corrected chi connectivity index (χ4v) is 7.43. The lowest BCUT2D eigenvalue weighted by Gasteiger charge is -2.34. The van der Waals surface area contributed by atoms with Crippen LogP contribution in [-0.4, -0.2) is 80.9 Å². The Kier molecular flexibility index (Phi) is 8.51. The van der Waals surface area contributed by atoms with E-state index in [2.05, 4.69) is 42.0 Å². The molecule has 3 atom stereocenters. The molecule has 2 aliphatic heterocycles. The van der Waals surface area contributed by atoms with Crippen molar-refractivity contribution in [1.29, 1.82) is 0 Å². The van der Waals surface area contributed by atoms with E-state index in [0.29, 0.717) is 17.5 Å². The highest BCUT2D eigenvalue weighted by Gasteiger charge is 2.30. The molecule has 9 nitrogen and oxygen atoms in total. The quantitative estimate of drug-likeness (QED) is 0.375. The number of amides is 1. The Bertz CT molecular complexity index is 1400. The third kappa shape index (κ3) is 6.61. The first-order valence-electron chi connectivity index (χ1n) is 15.5. The van der Waals surface area contributed by atoms with Gasteiger partial charge in [0.2, 0.25) is 0 Å². The molecule has 5 heterocycles. The second kappa shape index (κ2) is 12.1. The van der Waals surface area contributed by atoms with E-state index in [1.165, 1.54) is 16.9 Å². The Balaban J connectivity index is 1.19. The Morgan fingerprint density at radius 1 is 1.10 bits per heavy atom. The summed E-state index contributed by atoms with van der Waals surface area (Å²) in [6, 6.07) is 5.96. The monoisotopic (exact) mass is 592 g/mol. The molecule has 2 unspecified atom stereocenters. The summed E-state index contributed by atoms with van der Waals surface area (Å²) in [7, 11) is 0. The average Bonchev–Trinajstić information content (AvgIpc) is 3.60. The van der Waals surface area contributed by atoms with Gasteiger partial charge in [-0.3, -0.25) is 4.79 Å². The molecule has 1 aliphatic carbocycles. The number of aryl methyl sites for hydroxylation is 1. The number of anilines is 1. The van der Waals surface area contributed by atoms with E-state index in [0.717, 1.165) is 98.5 Å². The fourth-order valence-electron chi connectivity index (χ4n) is 6.59. The molecule has 6 rings (SSSR count). The molecule has 0 spiro atoms. The largest absolute Gasteiger partial charge is 0.393 e. The number of nitrogens with one attached hydrogen (secondary N) is 1. The average molecular weight is 593 g/mol. The van der Waals surface area contributed by atoms with Crippen LogP contribution in [0, 0.1) is 11.3 Å². The summed E-state index contributed by atoms with van der Waals surface area (Å²) in [5.74, 6) is 1.28. The van der Waals surface area contributed by atoms with Crippen molar-refractivity contribution < 1.29 is 15.0 Å². The van der Waals surface area contributed by atoms with Crippen LogP contribution in [-0.2, 0) is 12.8 Å². The molecule has 226 valence electrons. The minimum atomic E-state index is -0.310. The second-order valence-corrected chi connectivity index (χ2v) is 14.4. The van der Waals surface area contributed by atoms with Gasteiger partial charge >= 0.3 is 0 Å². The van der Waals surface area contributed by atoms with Gasteiger partial charge in [-0.15, -0.1) is 0 Å². The van der Waals surface area contributed by atoms with Crippen molar-refractivity contribution in [1.82, 2.24) is 25.2 Å². The van der Waals surface area contributed by atoms with E-state index in [-0.39, 0.29) is 29.6 Å². The highest BCUT2D eigenvalue weighted by molar-refractivity contribution is 7.19. The summed E-state index contributed by atoms with van der Waals surface area (Å²) >= 11 is 1.37. The van der Waals surface area contributed by atoms with Crippen LogP contribution in [0.3, 0.4) is 0 Å². The van der Waals surface area contributed by atoms with E-state index >= 15 is 0 Å². The molecule has 0 saturated carbocycles. The molecule has 3 N–H and O–H groups in total. The minimum absolute atomic E-state index is 0.186. The molecular weight excluding hydrogens is 548 g/mol. The van der Waals surface area contributed by atoms with Crippen LogP contribution in [0.5, 0.6) is 0 Å². The number of hydrogen-bond acceptors (Lipinski definition) is 9. The zero-order valence-electron chi connectivity index (χ0n) is 25.1. The molecule has 2 saturated heterocycles. The number of pyridine rings is 2. The van der Waals surface area contributed by atoms with Crippen molar-refractivity contribution in [3.05, 3.63) is 46.2 Å². The number of aromatic nitrogens is 3. The molecule has 3 aromatic rings. The Hall–Kier alpha value is -2.66. The molecule has 10 heteroatoms. The van der Waals surface area contributed by atoms with E-state index in [9.17, 15) is 15.0 Å². The van der Waals surface area contributed by atoms with Crippen LogP contribution in [0.1, 0.15) is 85.5 Å². The number of piperidine rings is 1. The van der Waals surface area contributed by atoms with E-state index in [1.807, 2.05) is 18.3 Å². The molecule has 1 amide bonds. The third-order valence-electron chi connectivity index (χ3n) is 9.42. The van der Waals surface area contributed by atoms with Crippen LogP contribution < -0.4 is 10.2 Å². The molecule has 3 aliphatic rings. The predicted molar refractivity (Wildman–Crippen MR) is 166 cm³/mol. The first-order valence-corrected chi connectivity index (χ1v) is 16.3. The number of β-amino-alcohol motifs (C(OH)–C–C–N with tert-alkyl or cyclic N) is 1. The standard InChI is InChI=1S/C32H44N6O3S/c1-32(2,3)22-5-6-25-21(16-22)17-27-30(35-25)42-31(36-27)29(41)34-26(11-14-37-12-8-23(39)9-13-37)20-4-7-28(33-18-20)38-15-10-24(40)19-38/h4,7,17-18,22-24,26,39-40H,5-6,8-16,19H2,1-3H3,(H,34,41)/t22-,24?,26?/m0/s1. The Morgan fingerprint density at radius 2 is 1.88 bits per heavy atom. The van der Waals surface area contributed by atoms with Gasteiger partial charge < -0.3 is 25.3 Å². The van der Waals surface area contributed by atoms with Crippen molar-refractivity contribution in [3.63, 3.8) is 0 Å². The minimum Gasteiger partial charge on any atom is -0.393 e. The van der Waals surface area contributed by atoms with Crippen molar-refractivity contribution >= 4 is 33.4 Å². The van der Waals surface area contributed by atoms with Gasteiger partial charge in [-0.1, -0.05) is 38.2 Å². The zero-order valence-corrected chi connectivity index (χ0v) is 25.9. The second-order valence-electron chi connectivity index (χ2n) is 13.5. The van der Waals surface area contributed by atoms with Gasteiger partial charge in [0, 0.05) is 44.6 Å². The Morgan fingerprint density at radius 3 is 2.57 bits per heavy atom. The first kappa shape index (κ1) is 29.4. The topological polar surface area (TPSA) is 115 Å². The number of carbonyl (C=O) groups is 1. The number of rotatable bonds is 7. The van der Waals surface area contributed by atoms with Gasteiger partial charge in [-0.2, -0.15) is 0 Å². The van der Waals surface area contributed by atoms with E-state index in [4.69, 9.17) is 15.0 Å². The number of hydrogen-bond donors (Lipinski definition) is 3. The highest BCUT2D eigenvalue weighted by Crippen LogP contribution is 2.38. The number of aliphatic hydroxyl groups excluding tert-OH is 2. The van der Waals surface area contributed by atoms with Crippen LogP contribution in [0.25, 0.3) is 10.3 Å². The van der Waals surface area contributed by atoms with Crippen molar-refractivity contribution in [2.24, 2.45) is 11.3 Å². The van der Waals surface area contributed by atoms with Gasteiger partial charge in [-0.25, -0.2) is 15.0 Å². The van der Waals surface area contributed by atoms with Crippen molar-refractivity contribution in [3.8, 4) is 0 Å². The summed E-state index contributed by atoms with van der Waals surface area (Å²) in [4.78, 5) is 33.3. The lowest BCUT2D eigenvalue weighted by Crippen LogP contribution is -2.38. The van der Waals surface area contributed by atoms with Gasteiger partial charge in [0.1, 0.15) is 16.2 Å². The highest BCUT2D eigenvalue weighted by atomic mass is 32.1. The number of likely N-dealkylation sites (tertiary alicyclic amines) is 1. The number of aliphatic hydroxyl groups is 2. The molecule has 0 bridgehead atoms. The maximum Gasteiger partial charge on any atom is 0.280 e. The third-order valence-corrected chi connectivity index (χ3v) is 10.4. The van der Waals surface area contributed by atoms with Crippen molar-refractivity contribution in [2.45, 2.75) is 84.0 Å². The number of thiazole rings is 1. The maximum atomic E-state index is 13.6. The number of fused-ring (bicyclic) bond motifs is 2. The van der Waals surface area contributed by atoms with Gasteiger partial charge in [0.25, 0.3) is 5.91 Å². The van der Waals surface area contributed by atoms with Crippen LogP contribution in [0.15, 0.2) is 24.4 Å². The zero-order chi connectivity index (χ0) is 29.4. The van der Waals surface area contributed by atoms with Crippen LogP contribution >= 0.6 is 11.3 Å². The lowest BCUT2D eigenvalue weighted by molar-refractivity contribution is 0.0795. The molecule has 42 heavy (non-hydrogen) atoms. The molecule has 3 aromatic heterocycles. The van der Waals surface area contributed by atoms with Gasteiger partial charge in [0.05, 0.1) is 18.2 Å². The van der Waals surface area contributed by atoms with E-state index in [1.54, 1.807) is 0 Å². The first-order chi connectivity index (χ1) is 20.1. The summed E-state index contributed by atoms with van der Waals surface area (Å²) in [6.45, 7) is 10.9. The van der Waals surface area contributed by atoms with Crippen LogP contribution in [0.4, 0.5) is 5.82 Å². The lowest BCUT2D eigenvalue weighted by atomic mass is 9.71.